The predicted molar refractivity (Wildman–Crippen MR) is 83.9 cm³/mol. The lowest BCUT2D eigenvalue weighted by molar-refractivity contribution is -0.180. The molecule has 21 heavy (non-hydrogen) atoms. The van der Waals surface area contributed by atoms with Gasteiger partial charge in [0.05, 0.1) is 5.41 Å². The van der Waals surface area contributed by atoms with Gasteiger partial charge in [0.1, 0.15) is 0 Å². The summed E-state index contributed by atoms with van der Waals surface area (Å²) in [5.41, 5.74) is 0.854. The van der Waals surface area contributed by atoms with Crippen molar-refractivity contribution in [1.29, 1.82) is 0 Å². The molecule has 3 nitrogen and oxygen atoms in total. The van der Waals surface area contributed by atoms with Crippen LogP contribution in [-0.2, 0) is 4.79 Å². The average Bonchev–Trinajstić information content (AvgIpc) is 2.33. The van der Waals surface area contributed by atoms with E-state index in [0.29, 0.717) is 22.8 Å². The van der Waals surface area contributed by atoms with Crippen LogP contribution < -0.4 is 5.32 Å². The summed E-state index contributed by atoms with van der Waals surface area (Å²) in [5.74, 6) is 1.30. The number of hydrogen-bond donors (Lipinski definition) is 1. The zero-order valence-electron chi connectivity index (χ0n) is 13.9. The van der Waals surface area contributed by atoms with E-state index in [0.717, 1.165) is 38.4 Å². The van der Waals surface area contributed by atoms with Crippen LogP contribution in [0.3, 0.4) is 0 Å². The van der Waals surface area contributed by atoms with Crippen molar-refractivity contribution >= 4 is 5.91 Å². The maximum atomic E-state index is 13.4. The van der Waals surface area contributed by atoms with Crippen LogP contribution in [0.5, 0.6) is 0 Å². The maximum Gasteiger partial charge on any atom is 0.228 e. The topological polar surface area (TPSA) is 32.3 Å². The fourth-order valence-electron chi connectivity index (χ4n) is 7.14. The SMILES string of the molecule is CC1CN(C(=O)C23CC4CC(C)(CC(C)(C4)C2)C3)CCN1. The number of nitrogens with one attached hydrogen (secondary N) is 1. The Labute approximate surface area is 128 Å². The van der Waals surface area contributed by atoms with Crippen LogP contribution in [0.4, 0.5) is 0 Å². The molecule has 3 atom stereocenters. The Bertz CT molecular complexity index is 456. The first-order valence-electron chi connectivity index (χ1n) is 8.84. The van der Waals surface area contributed by atoms with Gasteiger partial charge in [0.15, 0.2) is 0 Å². The Morgan fingerprint density at radius 1 is 1.10 bits per heavy atom. The van der Waals surface area contributed by atoms with E-state index in [1.165, 1.54) is 25.7 Å². The number of carbonyl (C=O) groups is 1. The van der Waals surface area contributed by atoms with Crippen LogP contribution in [-0.4, -0.2) is 36.5 Å². The van der Waals surface area contributed by atoms with Crippen molar-refractivity contribution in [3.63, 3.8) is 0 Å². The summed E-state index contributed by atoms with van der Waals surface area (Å²) in [6, 6.07) is 0.447. The van der Waals surface area contributed by atoms with Gasteiger partial charge in [-0.3, -0.25) is 4.79 Å². The van der Waals surface area contributed by atoms with Gasteiger partial charge >= 0.3 is 0 Å². The summed E-state index contributed by atoms with van der Waals surface area (Å²) in [5, 5.41) is 3.46. The van der Waals surface area contributed by atoms with Crippen molar-refractivity contribution in [3.8, 4) is 0 Å². The van der Waals surface area contributed by atoms with Crippen LogP contribution in [0.25, 0.3) is 0 Å². The average molecular weight is 290 g/mol. The molecule has 4 saturated carbocycles. The molecule has 5 rings (SSSR count). The molecular weight excluding hydrogens is 260 g/mol. The van der Waals surface area contributed by atoms with Gasteiger partial charge < -0.3 is 10.2 Å². The second kappa shape index (κ2) is 4.24. The normalized spacial score (nSPS) is 52.2. The highest BCUT2D eigenvalue weighted by Gasteiger charge is 2.63. The Balaban J connectivity index is 1.63. The minimum atomic E-state index is -0.0139. The molecule has 0 aromatic rings. The Morgan fingerprint density at radius 3 is 2.33 bits per heavy atom. The second-order valence-electron chi connectivity index (χ2n) is 9.52. The second-order valence-corrected chi connectivity index (χ2v) is 9.52. The van der Waals surface area contributed by atoms with E-state index in [4.69, 9.17) is 0 Å². The number of nitrogens with zero attached hydrogens (tertiary/aromatic N) is 1. The molecule has 3 heteroatoms. The molecule has 3 unspecified atom stereocenters. The van der Waals surface area contributed by atoms with Gasteiger partial charge in [-0.2, -0.15) is 0 Å². The van der Waals surface area contributed by atoms with Crippen molar-refractivity contribution in [2.75, 3.05) is 19.6 Å². The van der Waals surface area contributed by atoms with Crippen molar-refractivity contribution < 1.29 is 4.79 Å². The molecule has 4 aliphatic carbocycles. The fourth-order valence-corrected chi connectivity index (χ4v) is 7.14. The molecule has 5 aliphatic rings. The Morgan fingerprint density at radius 2 is 1.76 bits per heavy atom. The molecule has 1 aliphatic heterocycles. The maximum absolute atomic E-state index is 13.4. The largest absolute Gasteiger partial charge is 0.339 e. The highest BCUT2D eigenvalue weighted by atomic mass is 16.2. The lowest BCUT2D eigenvalue weighted by Gasteiger charge is -2.65. The third kappa shape index (κ3) is 2.15. The highest BCUT2D eigenvalue weighted by molar-refractivity contribution is 5.83. The monoisotopic (exact) mass is 290 g/mol. The van der Waals surface area contributed by atoms with Gasteiger partial charge in [-0.1, -0.05) is 13.8 Å². The zero-order valence-corrected chi connectivity index (χ0v) is 13.9. The minimum absolute atomic E-state index is 0.0139. The summed E-state index contributed by atoms with van der Waals surface area (Å²) in [6.07, 6.45) is 7.58. The molecule has 1 N–H and O–H groups in total. The molecule has 0 radical (unpaired) electrons. The number of carbonyl (C=O) groups excluding carboxylic acids is 1. The van der Waals surface area contributed by atoms with Crippen LogP contribution >= 0.6 is 0 Å². The molecule has 1 saturated heterocycles. The third-order valence-electron chi connectivity index (χ3n) is 6.74. The summed E-state index contributed by atoms with van der Waals surface area (Å²) in [4.78, 5) is 15.6. The fraction of sp³-hybridized carbons (Fsp3) is 0.944. The smallest absolute Gasteiger partial charge is 0.228 e. The van der Waals surface area contributed by atoms with Gasteiger partial charge in [0.2, 0.25) is 5.91 Å². The van der Waals surface area contributed by atoms with E-state index in [9.17, 15) is 4.79 Å². The number of rotatable bonds is 1. The molecule has 1 amide bonds. The molecule has 0 spiro atoms. The zero-order chi connectivity index (χ0) is 14.9. The van der Waals surface area contributed by atoms with Gasteiger partial charge in [0.25, 0.3) is 0 Å². The highest BCUT2D eigenvalue weighted by Crippen LogP contribution is 2.69. The van der Waals surface area contributed by atoms with Crippen LogP contribution in [0.15, 0.2) is 0 Å². The van der Waals surface area contributed by atoms with Crippen molar-refractivity contribution in [1.82, 2.24) is 10.2 Å². The molecule has 5 fully saturated rings. The van der Waals surface area contributed by atoms with Gasteiger partial charge in [-0.05, 0) is 62.2 Å². The minimum Gasteiger partial charge on any atom is -0.339 e. The summed E-state index contributed by atoms with van der Waals surface area (Å²) in [7, 11) is 0. The molecule has 0 aromatic heterocycles. The summed E-state index contributed by atoms with van der Waals surface area (Å²) in [6.45, 7) is 9.88. The summed E-state index contributed by atoms with van der Waals surface area (Å²) < 4.78 is 0. The molecule has 4 bridgehead atoms. The third-order valence-corrected chi connectivity index (χ3v) is 6.74. The van der Waals surface area contributed by atoms with E-state index in [2.05, 4.69) is 31.0 Å². The van der Waals surface area contributed by atoms with E-state index >= 15 is 0 Å². The Kier molecular flexibility index (Phi) is 2.84. The molecule has 118 valence electrons. The number of hydrogen-bond acceptors (Lipinski definition) is 2. The summed E-state index contributed by atoms with van der Waals surface area (Å²) >= 11 is 0. The predicted octanol–water partition coefficient (Wildman–Crippen LogP) is 2.80. The lowest BCUT2D eigenvalue weighted by Crippen LogP contribution is -2.62. The standard InChI is InChI=1S/C18H30N2O/c1-13-9-20(5-4-19-13)15(21)18-8-14-6-16(2,11-18)10-17(3,7-14)12-18/h13-14,19H,4-12H2,1-3H3. The van der Waals surface area contributed by atoms with Gasteiger partial charge in [-0.25, -0.2) is 0 Å². The first-order valence-corrected chi connectivity index (χ1v) is 8.84. The Hall–Kier alpha value is -0.570. The van der Waals surface area contributed by atoms with E-state index in [1.807, 2.05) is 0 Å². The van der Waals surface area contributed by atoms with E-state index in [1.54, 1.807) is 0 Å². The quantitative estimate of drug-likeness (QED) is 0.805. The van der Waals surface area contributed by atoms with Gasteiger partial charge in [0, 0.05) is 25.7 Å². The van der Waals surface area contributed by atoms with Crippen LogP contribution in [0.2, 0.25) is 0 Å². The van der Waals surface area contributed by atoms with Gasteiger partial charge in [-0.15, -0.1) is 0 Å². The molecular formula is C18H30N2O. The number of piperazine rings is 1. The van der Waals surface area contributed by atoms with E-state index < -0.39 is 0 Å². The first kappa shape index (κ1) is 14.0. The van der Waals surface area contributed by atoms with Crippen LogP contribution in [0, 0.1) is 22.2 Å². The first-order chi connectivity index (χ1) is 9.82. The molecule has 1 heterocycles. The number of amides is 1. The van der Waals surface area contributed by atoms with Crippen molar-refractivity contribution in [2.24, 2.45) is 22.2 Å². The van der Waals surface area contributed by atoms with E-state index in [-0.39, 0.29) is 5.41 Å². The lowest BCUT2D eigenvalue weighted by atomic mass is 9.40. The van der Waals surface area contributed by atoms with Crippen LogP contribution in [0.1, 0.15) is 59.3 Å². The molecule has 0 aromatic carbocycles. The van der Waals surface area contributed by atoms with Crippen molar-refractivity contribution in [2.45, 2.75) is 65.3 Å². The van der Waals surface area contributed by atoms with Crippen molar-refractivity contribution in [3.05, 3.63) is 0 Å².